The molecule has 0 spiro atoms. The van der Waals surface area contributed by atoms with Crippen molar-refractivity contribution in [3.8, 4) is 5.75 Å². The Morgan fingerprint density at radius 1 is 1.50 bits per heavy atom. The van der Waals surface area contributed by atoms with Gasteiger partial charge in [-0.2, -0.15) is 0 Å². The van der Waals surface area contributed by atoms with Crippen molar-refractivity contribution in [1.29, 1.82) is 0 Å². The Labute approximate surface area is 93.0 Å². The summed E-state index contributed by atoms with van der Waals surface area (Å²) in [5.41, 5.74) is 1.06. The normalized spacial score (nSPS) is 12.6. The second kappa shape index (κ2) is 5.37. The van der Waals surface area contributed by atoms with Gasteiger partial charge >= 0.3 is 0 Å². The van der Waals surface area contributed by atoms with Crippen molar-refractivity contribution in [3.63, 3.8) is 0 Å². The standard InChI is InChI=1S/C11H15BrO2/c1-3-8(7-13)10-6-9(12)4-5-11(10)14-2/h4-6,8,13H,3,7H2,1-2H3. The molecule has 0 fully saturated rings. The van der Waals surface area contributed by atoms with Crippen LogP contribution >= 0.6 is 15.9 Å². The maximum absolute atomic E-state index is 9.22. The van der Waals surface area contributed by atoms with Crippen LogP contribution < -0.4 is 4.74 Å². The van der Waals surface area contributed by atoms with E-state index in [0.29, 0.717) is 0 Å². The van der Waals surface area contributed by atoms with E-state index in [1.165, 1.54) is 0 Å². The van der Waals surface area contributed by atoms with E-state index in [1.807, 2.05) is 18.2 Å². The van der Waals surface area contributed by atoms with Crippen molar-refractivity contribution >= 4 is 15.9 Å². The molecule has 1 rings (SSSR count). The van der Waals surface area contributed by atoms with Gasteiger partial charge in [0.05, 0.1) is 13.7 Å². The first-order valence-electron chi connectivity index (χ1n) is 4.67. The molecule has 78 valence electrons. The third kappa shape index (κ3) is 2.49. The number of aliphatic hydroxyl groups excluding tert-OH is 1. The zero-order chi connectivity index (χ0) is 10.6. The van der Waals surface area contributed by atoms with E-state index in [1.54, 1.807) is 7.11 Å². The number of aliphatic hydroxyl groups is 1. The number of hydrogen-bond donors (Lipinski definition) is 1. The molecule has 1 aromatic rings. The molecule has 0 saturated carbocycles. The molecular weight excluding hydrogens is 244 g/mol. The van der Waals surface area contributed by atoms with Crippen LogP contribution in [0.15, 0.2) is 22.7 Å². The molecule has 0 heterocycles. The maximum atomic E-state index is 9.22. The van der Waals surface area contributed by atoms with E-state index in [2.05, 4.69) is 22.9 Å². The van der Waals surface area contributed by atoms with Gasteiger partial charge in [-0.15, -0.1) is 0 Å². The molecule has 0 aromatic heterocycles. The van der Waals surface area contributed by atoms with Crippen LogP contribution in [0.5, 0.6) is 5.75 Å². The quantitative estimate of drug-likeness (QED) is 0.900. The van der Waals surface area contributed by atoms with E-state index in [4.69, 9.17) is 4.74 Å². The average molecular weight is 259 g/mol. The van der Waals surface area contributed by atoms with E-state index in [-0.39, 0.29) is 12.5 Å². The second-order valence-electron chi connectivity index (χ2n) is 3.17. The lowest BCUT2D eigenvalue weighted by Gasteiger charge is -2.16. The van der Waals surface area contributed by atoms with Gasteiger partial charge in [-0.25, -0.2) is 0 Å². The van der Waals surface area contributed by atoms with Gasteiger partial charge in [0.15, 0.2) is 0 Å². The first-order valence-corrected chi connectivity index (χ1v) is 5.46. The van der Waals surface area contributed by atoms with E-state index in [0.717, 1.165) is 22.2 Å². The van der Waals surface area contributed by atoms with Gasteiger partial charge in [0, 0.05) is 16.0 Å². The highest BCUT2D eigenvalue weighted by Gasteiger charge is 2.13. The zero-order valence-electron chi connectivity index (χ0n) is 8.46. The van der Waals surface area contributed by atoms with Crippen LogP contribution in [0.3, 0.4) is 0 Å². The third-order valence-electron chi connectivity index (χ3n) is 2.34. The van der Waals surface area contributed by atoms with Crippen LogP contribution in [-0.4, -0.2) is 18.8 Å². The van der Waals surface area contributed by atoms with Gasteiger partial charge in [0.1, 0.15) is 5.75 Å². The molecule has 0 radical (unpaired) electrons. The molecule has 1 atom stereocenters. The number of halogens is 1. The largest absolute Gasteiger partial charge is 0.496 e. The molecule has 0 saturated heterocycles. The molecule has 2 nitrogen and oxygen atoms in total. The molecule has 1 unspecified atom stereocenters. The SMILES string of the molecule is CCC(CO)c1cc(Br)ccc1OC. The number of hydrogen-bond acceptors (Lipinski definition) is 2. The van der Waals surface area contributed by atoms with Crippen LogP contribution in [0.2, 0.25) is 0 Å². The Kier molecular flexibility index (Phi) is 4.42. The fraction of sp³-hybridized carbons (Fsp3) is 0.455. The van der Waals surface area contributed by atoms with Crippen molar-refractivity contribution in [3.05, 3.63) is 28.2 Å². The first-order chi connectivity index (χ1) is 6.72. The Hall–Kier alpha value is -0.540. The number of rotatable bonds is 4. The summed E-state index contributed by atoms with van der Waals surface area (Å²) >= 11 is 3.41. The van der Waals surface area contributed by atoms with Crippen molar-refractivity contribution in [2.75, 3.05) is 13.7 Å². The van der Waals surface area contributed by atoms with Crippen LogP contribution in [0.1, 0.15) is 24.8 Å². The Balaban J connectivity index is 3.08. The monoisotopic (exact) mass is 258 g/mol. The lowest BCUT2D eigenvalue weighted by molar-refractivity contribution is 0.259. The predicted molar refractivity (Wildman–Crippen MR) is 60.8 cm³/mol. The second-order valence-corrected chi connectivity index (χ2v) is 4.09. The highest BCUT2D eigenvalue weighted by atomic mass is 79.9. The number of benzene rings is 1. The summed E-state index contributed by atoms with van der Waals surface area (Å²) in [5, 5.41) is 9.22. The minimum atomic E-state index is 0.155. The van der Waals surface area contributed by atoms with Gasteiger partial charge < -0.3 is 9.84 Å². The van der Waals surface area contributed by atoms with E-state index >= 15 is 0 Å². The third-order valence-corrected chi connectivity index (χ3v) is 2.84. The van der Waals surface area contributed by atoms with Crippen LogP contribution in [0.25, 0.3) is 0 Å². The van der Waals surface area contributed by atoms with Gasteiger partial charge in [-0.05, 0) is 24.6 Å². The summed E-state index contributed by atoms with van der Waals surface area (Å²) in [6, 6.07) is 5.85. The molecule has 1 aromatic carbocycles. The Morgan fingerprint density at radius 2 is 2.21 bits per heavy atom. The van der Waals surface area contributed by atoms with E-state index < -0.39 is 0 Å². The van der Waals surface area contributed by atoms with Gasteiger partial charge in [-0.1, -0.05) is 22.9 Å². The molecule has 3 heteroatoms. The highest BCUT2D eigenvalue weighted by molar-refractivity contribution is 9.10. The minimum absolute atomic E-state index is 0.155. The maximum Gasteiger partial charge on any atom is 0.122 e. The van der Waals surface area contributed by atoms with Crippen LogP contribution in [0, 0.1) is 0 Å². The summed E-state index contributed by atoms with van der Waals surface area (Å²) in [4.78, 5) is 0. The summed E-state index contributed by atoms with van der Waals surface area (Å²) in [6.07, 6.45) is 0.906. The molecule has 1 N–H and O–H groups in total. The molecule has 0 aliphatic rings. The van der Waals surface area contributed by atoms with Crippen molar-refractivity contribution in [1.82, 2.24) is 0 Å². The van der Waals surface area contributed by atoms with E-state index in [9.17, 15) is 5.11 Å². The van der Waals surface area contributed by atoms with Crippen molar-refractivity contribution in [2.45, 2.75) is 19.3 Å². The predicted octanol–water partition coefficient (Wildman–Crippen LogP) is 2.94. The fourth-order valence-corrected chi connectivity index (χ4v) is 1.85. The molecule has 0 bridgehead atoms. The van der Waals surface area contributed by atoms with Gasteiger partial charge in [-0.3, -0.25) is 0 Å². The van der Waals surface area contributed by atoms with Gasteiger partial charge in [0.25, 0.3) is 0 Å². The van der Waals surface area contributed by atoms with Crippen molar-refractivity contribution < 1.29 is 9.84 Å². The van der Waals surface area contributed by atoms with Gasteiger partial charge in [0.2, 0.25) is 0 Å². The average Bonchev–Trinajstić information content (AvgIpc) is 2.20. The summed E-state index contributed by atoms with van der Waals surface area (Å²) in [7, 11) is 1.65. The van der Waals surface area contributed by atoms with Crippen LogP contribution in [0.4, 0.5) is 0 Å². The molecule has 14 heavy (non-hydrogen) atoms. The smallest absolute Gasteiger partial charge is 0.122 e. The lowest BCUT2D eigenvalue weighted by atomic mass is 9.96. The molecular formula is C11H15BrO2. The molecule has 0 amide bonds. The first kappa shape index (κ1) is 11.5. The summed E-state index contributed by atoms with van der Waals surface area (Å²) in [6.45, 7) is 2.21. The summed E-state index contributed by atoms with van der Waals surface area (Å²) in [5.74, 6) is 0.997. The minimum Gasteiger partial charge on any atom is -0.496 e. The highest BCUT2D eigenvalue weighted by Crippen LogP contribution is 2.31. The Morgan fingerprint density at radius 3 is 2.71 bits per heavy atom. The number of methoxy groups -OCH3 is 1. The van der Waals surface area contributed by atoms with Crippen LogP contribution in [-0.2, 0) is 0 Å². The van der Waals surface area contributed by atoms with Crippen molar-refractivity contribution in [2.24, 2.45) is 0 Å². The fourth-order valence-electron chi connectivity index (χ4n) is 1.47. The Bertz CT molecular complexity index is 295. The molecule has 0 aliphatic heterocycles. The topological polar surface area (TPSA) is 29.5 Å². The number of ether oxygens (including phenoxy) is 1. The zero-order valence-corrected chi connectivity index (χ0v) is 10.0. The lowest BCUT2D eigenvalue weighted by Crippen LogP contribution is -2.04. The summed E-state index contributed by atoms with van der Waals surface area (Å²) < 4.78 is 6.27. The molecule has 0 aliphatic carbocycles.